The molecule has 4 atom stereocenters. The summed E-state index contributed by atoms with van der Waals surface area (Å²) in [6.45, 7) is 7.10. The highest BCUT2D eigenvalue weighted by Crippen LogP contribution is 2.28. The van der Waals surface area contributed by atoms with Crippen LogP contribution in [0, 0.1) is 11.8 Å². The van der Waals surface area contributed by atoms with Crippen molar-refractivity contribution in [2.45, 2.75) is 70.9 Å². The van der Waals surface area contributed by atoms with Crippen molar-refractivity contribution in [3.63, 3.8) is 0 Å². The van der Waals surface area contributed by atoms with Gasteiger partial charge in [0.2, 0.25) is 0 Å². The molecular weight excluding hydrogens is 210 g/mol. The van der Waals surface area contributed by atoms with E-state index in [1.165, 1.54) is 45.1 Å². The Morgan fingerprint density at radius 3 is 2.59 bits per heavy atom. The van der Waals surface area contributed by atoms with Gasteiger partial charge < -0.3 is 10.0 Å². The van der Waals surface area contributed by atoms with Crippen molar-refractivity contribution in [1.82, 2.24) is 4.90 Å². The van der Waals surface area contributed by atoms with Crippen molar-refractivity contribution >= 4 is 0 Å². The molecule has 1 aliphatic carbocycles. The zero-order chi connectivity index (χ0) is 12.3. The van der Waals surface area contributed by atoms with Gasteiger partial charge in [-0.15, -0.1) is 0 Å². The molecule has 0 aromatic rings. The summed E-state index contributed by atoms with van der Waals surface area (Å²) in [7, 11) is 0. The van der Waals surface area contributed by atoms with Gasteiger partial charge in [-0.05, 0) is 51.0 Å². The minimum Gasteiger partial charge on any atom is -0.393 e. The summed E-state index contributed by atoms with van der Waals surface area (Å²) in [5.41, 5.74) is 0. The largest absolute Gasteiger partial charge is 0.393 e. The third-order valence-corrected chi connectivity index (χ3v) is 4.86. The molecule has 2 nitrogen and oxygen atoms in total. The molecular formula is C15H29NO. The van der Waals surface area contributed by atoms with Crippen LogP contribution in [0.2, 0.25) is 0 Å². The number of rotatable bonds is 2. The van der Waals surface area contributed by atoms with Crippen LogP contribution in [0.4, 0.5) is 0 Å². The van der Waals surface area contributed by atoms with E-state index in [0.29, 0.717) is 12.0 Å². The van der Waals surface area contributed by atoms with Gasteiger partial charge in [-0.2, -0.15) is 0 Å². The summed E-state index contributed by atoms with van der Waals surface area (Å²) in [5.74, 6) is 1.42. The molecule has 100 valence electrons. The van der Waals surface area contributed by atoms with Crippen molar-refractivity contribution in [3.8, 4) is 0 Å². The first kappa shape index (κ1) is 13.4. The Hall–Kier alpha value is -0.0800. The minimum atomic E-state index is -0.0379. The average Bonchev–Trinajstić information content (AvgIpc) is 2.48. The first-order valence-corrected chi connectivity index (χ1v) is 7.59. The molecule has 0 bridgehead atoms. The van der Waals surface area contributed by atoms with Crippen molar-refractivity contribution < 1.29 is 5.11 Å². The van der Waals surface area contributed by atoms with Gasteiger partial charge in [0.15, 0.2) is 0 Å². The number of likely N-dealkylation sites (tertiary alicyclic amines) is 1. The van der Waals surface area contributed by atoms with E-state index in [4.69, 9.17) is 0 Å². The number of aliphatic hydroxyl groups is 1. The topological polar surface area (TPSA) is 23.5 Å². The molecule has 1 heterocycles. The Kier molecular flexibility index (Phi) is 4.87. The highest BCUT2D eigenvalue weighted by atomic mass is 16.3. The number of nitrogens with zero attached hydrogens (tertiary/aromatic N) is 1. The fourth-order valence-electron chi connectivity index (χ4n) is 3.61. The summed E-state index contributed by atoms with van der Waals surface area (Å²) in [4.78, 5) is 2.62. The predicted octanol–water partition coefficient (Wildman–Crippen LogP) is 3.05. The van der Waals surface area contributed by atoms with Crippen molar-refractivity contribution in [3.05, 3.63) is 0 Å². The van der Waals surface area contributed by atoms with E-state index < -0.39 is 0 Å². The molecule has 17 heavy (non-hydrogen) atoms. The Morgan fingerprint density at radius 2 is 1.82 bits per heavy atom. The lowest BCUT2D eigenvalue weighted by Gasteiger charge is -2.39. The van der Waals surface area contributed by atoms with Crippen LogP contribution in [0.3, 0.4) is 0 Å². The van der Waals surface area contributed by atoms with E-state index in [1.807, 2.05) is 0 Å². The van der Waals surface area contributed by atoms with E-state index in [-0.39, 0.29) is 6.10 Å². The fraction of sp³-hybridized carbons (Fsp3) is 1.00. The van der Waals surface area contributed by atoms with Gasteiger partial charge in [-0.25, -0.2) is 0 Å². The Labute approximate surface area is 106 Å². The van der Waals surface area contributed by atoms with Crippen LogP contribution in [0.1, 0.15) is 58.8 Å². The molecule has 2 rings (SSSR count). The zero-order valence-electron chi connectivity index (χ0n) is 11.6. The molecule has 4 unspecified atom stereocenters. The van der Waals surface area contributed by atoms with Crippen molar-refractivity contribution in [1.29, 1.82) is 0 Å². The third-order valence-electron chi connectivity index (χ3n) is 4.86. The SMILES string of the molecule is CC1CCN(CC2CCCCCC2O)C(C)C1. The van der Waals surface area contributed by atoms with E-state index in [1.54, 1.807) is 0 Å². The van der Waals surface area contributed by atoms with E-state index in [9.17, 15) is 5.11 Å². The molecule has 1 N–H and O–H groups in total. The maximum Gasteiger partial charge on any atom is 0.0580 e. The minimum absolute atomic E-state index is 0.0379. The zero-order valence-corrected chi connectivity index (χ0v) is 11.6. The summed E-state index contributed by atoms with van der Waals surface area (Å²) in [6, 6.07) is 0.717. The van der Waals surface area contributed by atoms with Crippen LogP contribution < -0.4 is 0 Å². The number of hydrogen-bond donors (Lipinski definition) is 1. The van der Waals surface area contributed by atoms with Gasteiger partial charge in [-0.3, -0.25) is 0 Å². The predicted molar refractivity (Wildman–Crippen MR) is 72.0 cm³/mol. The van der Waals surface area contributed by atoms with Crippen LogP contribution in [-0.4, -0.2) is 35.2 Å². The number of hydrogen-bond acceptors (Lipinski definition) is 2. The monoisotopic (exact) mass is 239 g/mol. The quantitative estimate of drug-likeness (QED) is 0.749. The smallest absolute Gasteiger partial charge is 0.0580 e. The van der Waals surface area contributed by atoms with Crippen LogP contribution in [0.15, 0.2) is 0 Å². The van der Waals surface area contributed by atoms with Gasteiger partial charge in [0.05, 0.1) is 6.10 Å². The van der Waals surface area contributed by atoms with Crippen LogP contribution in [0.25, 0.3) is 0 Å². The molecule has 0 aromatic heterocycles. The summed E-state index contributed by atoms with van der Waals surface area (Å²) in [6.07, 6.45) is 8.77. The van der Waals surface area contributed by atoms with Gasteiger partial charge in [0, 0.05) is 12.6 Å². The van der Waals surface area contributed by atoms with Gasteiger partial charge in [0.25, 0.3) is 0 Å². The maximum absolute atomic E-state index is 10.2. The second-order valence-electron chi connectivity index (χ2n) is 6.44. The van der Waals surface area contributed by atoms with Crippen LogP contribution >= 0.6 is 0 Å². The lowest BCUT2D eigenvalue weighted by atomic mass is 9.90. The normalized spacial score (nSPS) is 41.1. The van der Waals surface area contributed by atoms with Gasteiger partial charge in [-0.1, -0.05) is 26.2 Å². The third kappa shape index (κ3) is 3.69. The lowest BCUT2D eigenvalue weighted by molar-refractivity contribution is 0.0446. The summed E-state index contributed by atoms with van der Waals surface area (Å²) < 4.78 is 0. The number of aliphatic hydroxyl groups excluding tert-OH is 1. The molecule has 0 spiro atoms. The van der Waals surface area contributed by atoms with Crippen LogP contribution in [0.5, 0.6) is 0 Å². The molecule has 1 saturated heterocycles. The maximum atomic E-state index is 10.2. The fourth-order valence-corrected chi connectivity index (χ4v) is 3.61. The van der Waals surface area contributed by atoms with Crippen molar-refractivity contribution in [2.75, 3.05) is 13.1 Å². The summed E-state index contributed by atoms with van der Waals surface area (Å²) >= 11 is 0. The highest BCUT2D eigenvalue weighted by molar-refractivity contribution is 4.82. The lowest BCUT2D eigenvalue weighted by Crippen LogP contribution is -2.44. The Balaban J connectivity index is 1.86. The Morgan fingerprint density at radius 1 is 1.06 bits per heavy atom. The standard InChI is InChI=1S/C15H29NO/c1-12-8-9-16(13(2)10-12)11-14-6-4-3-5-7-15(14)17/h12-15,17H,3-11H2,1-2H3. The average molecular weight is 239 g/mol. The molecule has 2 fully saturated rings. The number of piperidine rings is 1. The second kappa shape index (κ2) is 6.19. The molecule has 2 heteroatoms. The van der Waals surface area contributed by atoms with E-state index in [0.717, 1.165) is 18.9 Å². The highest BCUT2D eigenvalue weighted by Gasteiger charge is 2.28. The molecule has 0 aromatic carbocycles. The first-order chi connectivity index (χ1) is 8.16. The molecule has 0 radical (unpaired) electrons. The van der Waals surface area contributed by atoms with Gasteiger partial charge >= 0.3 is 0 Å². The second-order valence-corrected chi connectivity index (χ2v) is 6.44. The van der Waals surface area contributed by atoms with Crippen molar-refractivity contribution in [2.24, 2.45) is 11.8 Å². The molecule has 1 aliphatic heterocycles. The molecule has 1 saturated carbocycles. The van der Waals surface area contributed by atoms with Crippen LogP contribution in [-0.2, 0) is 0 Å². The first-order valence-electron chi connectivity index (χ1n) is 7.59. The summed E-state index contributed by atoms with van der Waals surface area (Å²) in [5, 5.41) is 10.2. The van der Waals surface area contributed by atoms with E-state index in [2.05, 4.69) is 18.7 Å². The molecule has 0 amide bonds. The Bertz CT molecular complexity index is 231. The van der Waals surface area contributed by atoms with Gasteiger partial charge in [0.1, 0.15) is 0 Å². The molecule has 2 aliphatic rings. The van der Waals surface area contributed by atoms with E-state index >= 15 is 0 Å².